The molecule has 0 saturated carbocycles. The van der Waals surface area contributed by atoms with Gasteiger partial charge in [0.05, 0.1) is 26.3 Å². The van der Waals surface area contributed by atoms with Crippen LogP contribution in [0.2, 0.25) is 15.3 Å². The Hall–Kier alpha value is -4.52. The molecule has 2 aromatic heterocycles. The van der Waals surface area contributed by atoms with Gasteiger partial charge in [-0.25, -0.2) is 4.68 Å². The van der Waals surface area contributed by atoms with Crippen molar-refractivity contribution in [2.24, 2.45) is 10.2 Å². The molecule has 268 valence electrons. The smallest absolute Gasteiger partial charge is 0.299 e. The number of anilines is 4. The molecule has 0 aliphatic rings. The van der Waals surface area contributed by atoms with Crippen molar-refractivity contribution in [2.75, 3.05) is 10.6 Å². The van der Waals surface area contributed by atoms with Crippen LogP contribution in [0.15, 0.2) is 78.2 Å². The lowest BCUT2D eigenvalue weighted by atomic mass is 10.2. The van der Waals surface area contributed by atoms with Crippen molar-refractivity contribution in [1.29, 1.82) is 0 Å². The summed E-state index contributed by atoms with van der Waals surface area (Å²) in [6.07, 6.45) is 0. The van der Waals surface area contributed by atoms with Gasteiger partial charge in [-0.3, -0.25) is 23.6 Å². The zero-order valence-corrected chi connectivity index (χ0v) is 30.1. The number of hydrogen-bond donors (Lipinski definition) is 6. The quantitative estimate of drug-likeness (QED) is 0.0741. The Kier molecular flexibility index (Phi) is 10.3. The van der Waals surface area contributed by atoms with Crippen LogP contribution in [0.4, 0.5) is 34.6 Å². The third-order valence-electron chi connectivity index (χ3n) is 6.66. The molecule has 0 aliphatic carbocycles. The van der Waals surface area contributed by atoms with Gasteiger partial charge in [0.25, 0.3) is 35.9 Å². The van der Waals surface area contributed by atoms with E-state index in [4.69, 9.17) is 34.8 Å². The summed E-state index contributed by atoms with van der Waals surface area (Å²) in [5, 5.41) is 15.0. The lowest BCUT2D eigenvalue weighted by Crippen LogP contribution is -2.15. The van der Waals surface area contributed by atoms with E-state index in [2.05, 4.69) is 40.9 Å². The molecule has 0 saturated heterocycles. The second-order valence-corrected chi connectivity index (χ2v) is 15.6. The first-order valence-corrected chi connectivity index (χ1v) is 18.9. The molecule has 5 rings (SSSR count). The molecule has 0 fully saturated rings. The van der Waals surface area contributed by atoms with E-state index in [9.17, 15) is 43.7 Å². The van der Waals surface area contributed by atoms with Crippen LogP contribution in [0.25, 0.3) is 5.69 Å². The second kappa shape index (κ2) is 13.9. The highest BCUT2D eigenvalue weighted by Gasteiger charge is 2.22. The largest absolute Gasteiger partial charge is 0.324 e. The van der Waals surface area contributed by atoms with Crippen molar-refractivity contribution in [3.63, 3.8) is 0 Å². The molecule has 6 N–H and O–H groups in total. The number of rotatable bonds is 10. The Morgan fingerprint density at radius 3 is 2.00 bits per heavy atom. The minimum absolute atomic E-state index is 0.0945. The van der Waals surface area contributed by atoms with E-state index in [0.717, 1.165) is 35.0 Å². The minimum atomic E-state index is -4.88. The molecule has 0 bridgehead atoms. The van der Waals surface area contributed by atoms with Crippen molar-refractivity contribution >= 4 is 99.8 Å². The Balaban J connectivity index is 1.47. The molecule has 0 radical (unpaired) electrons. The van der Waals surface area contributed by atoms with E-state index >= 15 is 0 Å². The maximum absolute atomic E-state index is 13.3. The minimum Gasteiger partial charge on any atom is -0.324 e. The summed E-state index contributed by atoms with van der Waals surface area (Å²) in [4.78, 5) is 23.7. The number of nitrogens with zero attached hydrogens (tertiary/aromatic N) is 6. The van der Waals surface area contributed by atoms with Crippen LogP contribution in [-0.2, 0) is 30.4 Å². The predicted octanol–water partition coefficient (Wildman–Crippen LogP) is 5.57. The van der Waals surface area contributed by atoms with Gasteiger partial charge in [-0.05, 0) is 79.5 Å². The van der Waals surface area contributed by atoms with Crippen molar-refractivity contribution < 1.29 is 38.9 Å². The van der Waals surface area contributed by atoms with Crippen molar-refractivity contribution in [2.45, 2.75) is 28.5 Å². The van der Waals surface area contributed by atoms with Crippen LogP contribution in [0.5, 0.6) is 0 Å². The lowest BCUT2D eigenvalue weighted by Gasteiger charge is -2.11. The lowest BCUT2D eigenvalue weighted by molar-refractivity contribution is 0.481. The van der Waals surface area contributed by atoms with E-state index in [-0.39, 0.29) is 49.9 Å². The van der Waals surface area contributed by atoms with Gasteiger partial charge in [0, 0.05) is 11.4 Å². The number of azo groups is 1. The molecule has 5 aromatic rings. The first-order chi connectivity index (χ1) is 23.6. The summed E-state index contributed by atoms with van der Waals surface area (Å²) in [5.74, 6) is -0.255. The van der Waals surface area contributed by atoms with Crippen LogP contribution < -0.4 is 16.2 Å². The SMILES string of the molecule is Cc1cc(S(=O)(=O)O)ccc1Nc1nc(Cl)nc(Nc2ccc(S(=O)(=O)O)c(N=Nc3c(C)[nH]n(-c4cc(Cl)c(S(=O)(=O)O)cc4Cl)c3=O)c2)n1. The molecule has 0 unspecified atom stereocenters. The third kappa shape index (κ3) is 8.52. The summed E-state index contributed by atoms with van der Waals surface area (Å²) < 4.78 is 99.7. The van der Waals surface area contributed by atoms with Crippen molar-refractivity contribution in [1.82, 2.24) is 24.7 Å². The fourth-order valence-electron chi connectivity index (χ4n) is 4.36. The van der Waals surface area contributed by atoms with Crippen molar-refractivity contribution in [3.8, 4) is 5.69 Å². The van der Waals surface area contributed by atoms with Gasteiger partial charge in [-0.15, -0.1) is 10.2 Å². The van der Waals surface area contributed by atoms with E-state index < -0.39 is 56.4 Å². The fraction of sp³-hybridized carbons (Fsp3) is 0.0769. The highest BCUT2D eigenvalue weighted by atomic mass is 35.5. The zero-order chi connectivity index (χ0) is 37.6. The van der Waals surface area contributed by atoms with Gasteiger partial charge in [0.15, 0.2) is 5.69 Å². The molecule has 0 spiro atoms. The topological polar surface area (TPSA) is 288 Å². The van der Waals surface area contributed by atoms with E-state index in [0.29, 0.717) is 11.3 Å². The van der Waals surface area contributed by atoms with Crippen LogP contribution in [0, 0.1) is 13.8 Å². The molecule has 0 amide bonds. The Bertz CT molecular complexity index is 2670. The third-order valence-corrected chi connectivity index (χ3v) is 10.2. The maximum atomic E-state index is 13.3. The summed E-state index contributed by atoms with van der Waals surface area (Å²) >= 11 is 18.2. The molecule has 51 heavy (non-hydrogen) atoms. The van der Waals surface area contributed by atoms with Gasteiger partial charge in [0.1, 0.15) is 15.5 Å². The first kappa shape index (κ1) is 37.7. The molecule has 0 aliphatic heterocycles. The molecule has 2 heterocycles. The maximum Gasteiger partial charge on any atom is 0.299 e. The highest BCUT2D eigenvalue weighted by Crippen LogP contribution is 2.33. The Morgan fingerprint density at radius 2 is 1.39 bits per heavy atom. The summed E-state index contributed by atoms with van der Waals surface area (Å²) in [6, 6.07) is 8.89. The summed E-state index contributed by atoms with van der Waals surface area (Å²) in [7, 11) is -14.1. The molecule has 19 nitrogen and oxygen atoms in total. The molecular formula is C26H20Cl3N9O10S3. The number of benzene rings is 3. The van der Waals surface area contributed by atoms with Crippen molar-refractivity contribution in [3.05, 3.63) is 85.5 Å². The first-order valence-electron chi connectivity index (χ1n) is 13.5. The monoisotopic (exact) mass is 819 g/mol. The van der Waals surface area contributed by atoms with Gasteiger partial charge < -0.3 is 10.6 Å². The summed E-state index contributed by atoms with van der Waals surface area (Å²) in [6.45, 7) is 2.97. The number of aryl methyl sites for hydroxylation is 2. The van der Waals surface area contributed by atoms with Gasteiger partial charge in [0.2, 0.25) is 17.2 Å². The predicted molar refractivity (Wildman–Crippen MR) is 184 cm³/mol. The average molecular weight is 821 g/mol. The molecule has 25 heteroatoms. The van der Waals surface area contributed by atoms with E-state index in [1.54, 1.807) is 6.92 Å². The zero-order valence-electron chi connectivity index (χ0n) is 25.4. The second-order valence-electron chi connectivity index (χ2n) is 10.2. The standard InChI is InChI=1S/C26H20Cl3N9O10S3/c1-11-7-14(49(40,41)42)4-5-17(11)31-26-33-24(29)32-25(34-26)30-13-3-6-20(50(43,44)45)18(8-13)35-36-22-12(2)37-38(23(22)39)19-9-16(28)21(10-15(19)27)51(46,47)48/h3-10,37H,1-2H3,(H,40,41,42)(H,43,44,45)(H,46,47,48)(H2,30,31,32,33,34). The molecular weight excluding hydrogens is 801 g/mol. The number of hydrogen-bond acceptors (Lipinski definition) is 14. The average Bonchev–Trinajstić information content (AvgIpc) is 3.28. The van der Waals surface area contributed by atoms with Crippen LogP contribution in [0.1, 0.15) is 11.3 Å². The van der Waals surface area contributed by atoms with Crippen LogP contribution >= 0.6 is 34.8 Å². The normalized spacial score (nSPS) is 12.4. The number of nitrogens with one attached hydrogen (secondary N) is 3. The van der Waals surface area contributed by atoms with Gasteiger partial charge in [-0.1, -0.05) is 23.2 Å². The van der Waals surface area contributed by atoms with E-state index in [1.807, 2.05) is 0 Å². The number of H-pyrrole nitrogens is 1. The van der Waals surface area contributed by atoms with Crippen LogP contribution in [-0.4, -0.2) is 63.6 Å². The Morgan fingerprint density at radius 1 is 0.745 bits per heavy atom. The van der Waals surface area contributed by atoms with E-state index in [1.165, 1.54) is 25.1 Å². The van der Waals surface area contributed by atoms with Crippen LogP contribution in [0.3, 0.4) is 0 Å². The summed E-state index contributed by atoms with van der Waals surface area (Å²) in [5.41, 5.74) is -0.833. The van der Waals surface area contributed by atoms with Gasteiger partial charge in [-0.2, -0.15) is 40.2 Å². The Labute approximate surface area is 302 Å². The fourth-order valence-corrected chi connectivity index (χ4v) is 7.02. The highest BCUT2D eigenvalue weighted by molar-refractivity contribution is 7.86. The number of halogens is 3. The molecule has 3 aromatic carbocycles. The number of aromatic nitrogens is 5. The molecule has 0 atom stereocenters. The van der Waals surface area contributed by atoms with Gasteiger partial charge >= 0.3 is 0 Å². The number of aromatic amines is 1.